The molecule has 0 spiro atoms. The van der Waals surface area contributed by atoms with Crippen LogP contribution in [0.15, 0.2) is 18.2 Å². The van der Waals surface area contributed by atoms with E-state index in [-0.39, 0.29) is 5.82 Å². The summed E-state index contributed by atoms with van der Waals surface area (Å²) in [5.74, 6) is 0.360. The lowest BCUT2D eigenvalue weighted by Crippen LogP contribution is -2.30. The van der Waals surface area contributed by atoms with E-state index in [1.54, 1.807) is 6.07 Å². The van der Waals surface area contributed by atoms with Gasteiger partial charge in [0.15, 0.2) is 0 Å². The molecule has 16 heavy (non-hydrogen) atoms. The van der Waals surface area contributed by atoms with E-state index in [9.17, 15) is 4.39 Å². The minimum atomic E-state index is -0.0349. The molecule has 0 aromatic heterocycles. The van der Waals surface area contributed by atoms with Gasteiger partial charge in [-0.2, -0.15) is 0 Å². The molecule has 2 rings (SSSR count). The van der Waals surface area contributed by atoms with E-state index in [0.29, 0.717) is 12.0 Å². The average molecular weight is 221 g/mol. The van der Waals surface area contributed by atoms with Crippen LogP contribution < -0.4 is 5.32 Å². The van der Waals surface area contributed by atoms with Crippen LogP contribution in [0.25, 0.3) is 0 Å². The van der Waals surface area contributed by atoms with Gasteiger partial charge in [-0.25, -0.2) is 4.39 Å². The zero-order valence-corrected chi connectivity index (χ0v) is 10.1. The Balaban J connectivity index is 2.19. The maximum Gasteiger partial charge on any atom is 0.126 e. The summed E-state index contributed by atoms with van der Waals surface area (Å²) >= 11 is 0. The van der Waals surface area contributed by atoms with Gasteiger partial charge in [0.2, 0.25) is 0 Å². The lowest BCUT2D eigenvalue weighted by atomic mass is 9.81. The van der Waals surface area contributed by atoms with E-state index in [0.717, 1.165) is 24.0 Å². The van der Waals surface area contributed by atoms with E-state index in [2.05, 4.69) is 5.32 Å². The van der Waals surface area contributed by atoms with E-state index in [1.165, 1.54) is 12.8 Å². The van der Waals surface area contributed by atoms with Gasteiger partial charge in [-0.1, -0.05) is 24.1 Å². The Kier molecular flexibility index (Phi) is 3.59. The van der Waals surface area contributed by atoms with Crippen LogP contribution in [0, 0.1) is 12.7 Å². The van der Waals surface area contributed by atoms with Crippen LogP contribution in [0.4, 0.5) is 4.39 Å². The van der Waals surface area contributed by atoms with Gasteiger partial charge in [0, 0.05) is 6.04 Å². The van der Waals surface area contributed by atoms with Crippen LogP contribution in [-0.2, 0) is 0 Å². The molecule has 1 aromatic carbocycles. The predicted octanol–water partition coefficient (Wildman–Crippen LogP) is 3.38. The molecule has 1 aliphatic carbocycles. The van der Waals surface area contributed by atoms with Crippen molar-refractivity contribution in [2.75, 3.05) is 7.05 Å². The molecular formula is C14H20FN. The minimum absolute atomic E-state index is 0.0349. The van der Waals surface area contributed by atoms with Crippen LogP contribution in [0.1, 0.15) is 42.7 Å². The van der Waals surface area contributed by atoms with Crippen molar-refractivity contribution in [1.29, 1.82) is 0 Å². The molecule has 1 aromatic rings. The monoisotopic (exact) mass is 221 g/mol. The Labute approximate surface area is 97.1 Å². The van der Waals surface area contributed by atoms with Gasteiger partial charge in [-0.05, 0) is 50.8 Å². The highest BCUT2D eigenvalue weighted by Gasteiger charge is 2.24. The number of hydrogen-bond acceptors (Lipinski definition) is 1. The number of aryl methyl sites for hydroxylation is 1. The highest BCUT2D eigenvalue weighted by Crippen LogP contribution is 2.34. The molecule has 1 aliphatic rings. The molecule has 0 radical (unpaired) electrons. The third kappa shape index (κ3) is 2.43. The number of hydrogen-bond donors (Lipinski definition) is 1. The van der Waals surface area contributed by atoms with Crippen molar-refractivity contribution in [3.63, 3.8) is 0 Å². The summed E-state index contributed by atoms with van der Waals surface area (Å²) in [6, 6.07) is 6.02. The van der Waals surface area contributed by atoms with Gasteiger partial charge in [-0.15, -0.1) is 0 Å². The zero-order chi connectivity index (χ0) is 11.5. The lowest BCUT2D eigenvalue weighted by molar-refractivity contribution is 0.349. The summed E-state index contributed by atoms with van der Waals surface area (Å²) < 4.78 is 13.8. The number of benzene rings is 1. The smallest absolute Gasteiger partial charge is 0.126 e. The molecule has 1 nitrogen and oxygen atoms in total. The molecule has 0 saturated heterocycles. The molecule has 1 N–H and O–H groups in total. The molecule has 0 aliphatic heterocycles. The van der Waals surface area contributed by atoms with Crippen molar-refractivity contribution in [3.8, 4) is 0 Å². The number of halogens is 1. The molecule has 0 amide bonds. The average Bonchev–Trinajstić information content (AvgIpc) is 2.32. The third-order valence-corrected chi connectivity index (χ3v) is 3.67. The van der Waals surface area contributed by atoms with Crippen LogP contribution in [0.2, 0.25) is 0 Å². The Bertz CT molecular complexity index is 362. The van der Waals surface area contributed by atoms with Crippen molar-refractivity contribution in [2.24, 2.45) is 0 Å². The highest BCUT2D eigenvalue weighted by molar-refractivity contribution is 5.27. The number of nitrogens with one attached hydrogen (secondary N) is 1. The maximum absolute atomic E-state index is 13.8. The highest BCUT2D eigenvalue weighted by atomic mass is 19.1. The molecule has 88 valence electrons. The molecule has 2 heteroatoms. The second-order valence-corrected chi connectivity index (χ2v) is 4.87. The molecule has 0 heterocycles. The van der Waals surface area contributed by atoms with Crippen LogP contribution in [0.3, 0.4) is 0 Å². The third-order valence-electron chi connectivity index (χ3n) is 3.67. The number of rotatable bonds is 2. The quantitative estimate of drug-likeness (QED) is 0.807. The Morgan fingerprint density at radius 2 is 2.12 bits per heavy atom. The van der Waals surface area contributed by atoms with Crippen molar-refractivity contribution in [2.45, 2.75) is 44.6 Å². The lowest BCUT2D eigenvalue weighted by Gasteiger charge is -2.29. The fraction of sp³-hybridized carbons (Fsp3) is 0.571. The molecular weight excluding hydrogens is 201 g/mol. The molecule has 1 saturated carbocycles. The Morgan fingerprint density at radius 1 is 1.31 bits per heavy atom. The summed E-state index contributed by atoms with van der Waals surface area (Å²) in [5.41, 5.74) is 2.07. The van der Waals surface area contributed by atoms with Crippen LogP contribution in [0.5, 0.6) is 0 Å². The fourth-order valence-electron chi connectivity index (χ4n) is 2.71. The molecule has 2 unspecified atom stereocenters. The summed E-state index contributed by atoms with van der Waals surface area (Å²) in [6.07, 6.45) is 4.61. The summed E-state index contributed by atoms with van der Waals surface area (Å²) in [6.45, 7) is 2.03. The Hall–Kier alpha value is -0.890. The topological polar surface area (TPSA) is 12.0 Å². The van der Waals surface area contributed by atoms with Crippen LogP contribution >= 0.6 is 0 Å². The normalized spacial score (nSPS) is 25.7. The van der Waals surface area contributed by atoms with Gasteiger partial charge in [-0.3, -0.25) is 0 Å². The van der Waals surface area contributed by atoms with E-state index in [1.807, 2.05) is 26.1 Å². The standard InChI is InChI=1S/C14H20FN/c1-10-6-7-14(15)13(8-10)11-4-3-5-12(9-11)16-2/h6-8,11-12,16H,3-5,9H2,1-2H3. The first-order chi connectivity index (χ1) is 7.70. The SMILES string of the molecule is CNC1CCCC(c2cc(C)ccc2F)C1. The largest absolute Gasteiger partial charge is 0.317 e. The van der Waals surface area contributed by atoms with Crippen molar-refractivity contribution in [3.05, 3.63) is 35.1 Å². The summed E-state index contributed by atoms with van der Waals surface area (Å²) in [4.78, 5) is 0. The first-order valence-electron chi connectivity index (χ1n) is 6.14. The first-order valence-corrected chi connectivity index (χ1v) is 6.14. The van der Waals surface area contributed by atoms with E-state index < -0.39 is 0 Å². The van der Waals surface area contributed by atoms with Gasteiger partial charge in [0.05, 0.1) is 0 Å². The molecule has 1 fully saturated rings. The zero-order valence-electron chi connectivity index (χ0n) is 10.1. The molecule has 2 atom stereocenters. The first kappa shape index (κ1) is 11.6. The predicted molar refractivity (Wildman–Crippen MR) is 65.2 cm³/mol. The maximum atomic E-state index is 13.8. The summed E-state index contributed by atoms with van der Waals surface area (Å²) in [7, 11) is 2.00. The molecule has 0 bridgehead atoms. The van der Waals surface area contributed by atoms with Gasteiger partial charge < -0.3 is 5.32 Å². The van der Waals surface area contributed by atoms with E-state index in [4.69, 9.17) is 0 Å². The van der Waals surface area contributed by atoms with Crippen molar-refractivity contribution < 1.29 is 4.39 Å². The van der Waals surface area contributed by atoms with Crippen molar-refractivity contribution >= 4 is 0 Å². The second-order valence-electron chi connectivity index (χ2n) is 4.87. The fourth-order valence-corrected chi connectivity index (χ4v) is 2.71. The van der Waals surface area contributed by atoms with Gasteiger partial charge in [0.1, 0.15) is 5.82 Å². The Morgan fingerprint density at radius 3 is 2.88 bits per heavy atom. The van der Waals surface area contributed by atoms with Crippen LogP contribution in [-0.4, -0.2) is 13.1 Å². The second kappa shape index (κ2) is 4.96. The minimum Gasteiger partial charge on any atom is -0.317 e. The summed E-state index contributed by atoms with van der Waals surface area (Å²) in [5, 5.41) is 3.32. The van der Waals surface area contributed by atoms with E-state index >= 15 is 0 Å². The van der Waals surface area contributed by atoms with Crippen molar-refractivity contribution in [1.82, 2.24) is 5.32 Å². The van der Waals surface area contributed by atoms with Gasteiger partial charge in [0.25, 0.3) is 0 Å². The van der Waals surface area contributed by atoms with Gasteiger partial charge >= 0.3 is 0 Å².